The van der Waals surface area contributed by atoms with E-state index in [4.69, 9.17) is 4.74 Å². The number of anilines is 1. The van der Waals surface area contributed by atoms with Gasteiger partial charge in [0.15, 0.2) is 0 Å². The topological polar surface area (TPSA) is 95.2 Å². The molecule has 0 spiro atoms. The van der Waals surface area contributed by atoms with Gasteiger partial charge in [0.2, 0.25) is 0 Å². The number of rotatable bonds is 6. The minimum absolute atomic E-state index is 0.144. The molecule has 0 saturated carbocycles. The van der Waals surface area contributed by atoms with Gasteiger partial charge in [-0.1, -0.05) is 12.1 Å². The van der Waals surface area contributed by atoms with Crippen molar-refractivity contribution in [3.8, 4) is 5.75 Å². The molecule has 3 aromatic rings. The van der Waals surface area contributed by atoms with Gasteiger partial charge in [-0.25, -0.2) is 4.79 Å². The van der Waals surface area contributed by atoms with Crippen molar-refractivity contribution < 1.29 is 24.5 Å². The number of ether oxygens (including phenoxy) is 1. The Bertz CT molecular complexity index is 1130. The third-order valence-electron chi connectivity index (χ3n) is 5.90. The Hall–Kier alpha value is -3.52. The zero-order valence-corrected chi connectivity index (χ0v) is 17.5. The van der Waals surface area contributed by atoms with Gasteiger partial charge in [-0.15, -0.1) is 0 Å². The summed E-state index contributed by atoms with van der Waals surface area (Å²) < 4.78 is 7.31. The third kappa shape index (κ3) is 3.82. The number of piperazine rings is 1. The van der Waals surface area contributed by atoms with E-state index >= 15 is 0 Å². The van der Waals surface area contributed by atoms with Gasteiger partial charge >= 0.3 is 11.9 Å². The number of carboxylic acids is 2. The number of aliphatic carboxylic acids is 1. The van der Waals surface area contributed by atoms with Crippen LogP contribution in [0.1, 0.15) is 22.0 Å². The lowest BCUT2D eigenvalue weighted by atomic mass is 10.0. The predicted octanol–water partition coefficient (Wildman–Crippen LogP) is 2.83. The second-order valence-corrected chi connectivity index (χ2v) is 7.67. The molecule has 1 atom stereocenters. The van der Waals surface area contributed by atoms with Crippen molar-refractivity contribution in [1.29, 1.82) is 0 Å². The molecule has 162 valence electrons. The number of methoxy groups -OCH3 is 1. The van der Waals surface area contributed by atoms with Gasteiger partial charge in [0.25, 0.3) is 0 Å². The highest BCUT2D eigenvalue weighted by atomic mass is 16.5. The number of hydrogen-bond donors (Lipinski definition) is 2. The first kappa shape index (κ1) is 20.7. The summed E-state index contributed by atoms with van der Waals surface area (Å²) in [7, 11) is 3.48. The molecular formula is C23H25N3O5. The highest BCUT2D eigenvalue weighted by Gasteiger charge is 2.33. The van der Waals surface area contributed by atoms with Crippen LogP contribution in [0.15, 0.2) is 48.7 Å². The lowest BCUT2D eigenvalue weighted by molar-refractivity contribution is -0.143. The van der Waals surface area contributed by atoms with Gasteiger partial charge in [-0.3, -0.25) is 9.69 Å². The first-order valence-corrected chi connectivity index (χ1v) is 10.1. The molecule has 0 bridgehead atoms. The maximum Gasteiger partial charge on any atom is 0.335 e. The normalized spacial score (nSPS) is 15.7. The molecule has 4 rings (SSSR count). The lowest BCUT2D eigenvalue weighted by Crippen LogP contribution is -2.49. The quantitative estimate of drug-likeness (QED) is 0.629. The summed E-state index contributed by atoms with van der Waals surface area (Å²) in [5, 5.41) is 20.1. The van der Waals surface area contributed by atoms with Gasteiger partial charge in [0.1, 0.15) is 11.8 Å². The second-order valence-electron chi connectivity index (χ2n) is 7.67. The summed E-state index contributed by atoms with van der Waals surface area (Å²) >= 11 is 0. The zero-order valence-electron chi connectivity index (χ0n) is 17.5. The Kier molecular flexibility index (Phi) is 5.56. The second kappa shape index (κ2) is 8.31. The summed E-state index contributed by atoms with van der Waals surface area (Å²) in [5.74, 6) is -1.19. The van der Waals surface area contributed by atoms with E-state index < -0.39 is 18.0 Å². The van der Waals surface area contributed by atoms with Crippen LogP contribution in [0.2, 0.25) is 0 Å². The van der Waals surface area contributed by atoms with Gasteiger partial charge in [-0.05, 0) is 30.3 Å². The fourth-order valence-electron chi connectivity index (χ4n) is 4.37. The van der Waals surface area contributed by atoms with E-state index in [1.165, 1.54) is 6.07 Å². The molecule has 8 nitrogen and oxygen atoms in total. The Morgan fingerprint density at radius 3 is 2.39 bits per heavy atom. The molecule has 0 radical (unpaired) electrons. The van der Waals surface area contributed by atoms with Crippen molar-refractivity contribution >= 4 is 28.5 Å². The number of benzene rings is 2. The first-order valence-electron chi connectivity index (χ1n) is 10.1. The van der Waals surface area contributed by atoms with E-state index in [9.17, 15) is 19.8 Å². The van der Waals surface area contributed by atoms with Gasteiger partial charge in [0, 0.05) is 55.9 Å². The molecule has 1 fully saturated rings. The van der Waals surface area contributed by atoms with E-state index in [0.717, 1.165) is 17.0 Å². The van der Waals surface area contributed by atoms with Crippen LogP contribution >= 0.6 is 0 Å². The summed E-state index contributed by atoms with van der Waals surface area (Å²) in [6.07, 6.45) is 1.79. The molecule has 1 aromatic heterocycles. The maximum absolute atomic E-state index is 12.3. The standard InChI is InChI=1S/C23H25N3O5/c1-24-14-17(16-13-15(22(27)28)7-8-18(16)24)21(23(29)30)26-11-9-25(10-12-26)19-5-3-4-6-20(19)31-2/h3-8,13-14,21H,9-12H2,1-2H3,(H,27,28)(H,29,30)/t21-/m1/s1. The smallest absolute Gasteiger partial charge is 0.335 e. The molecule has 0 unspecified atom stereocenters. The van der Waals surface area contributed by atoms with Crippen LogP contribution in [-0.4, -0.2) is 64.9 Å². The minimum Gasteiger partial charge on any atom is -0.495 e. The molecule has 2 N–H and O–H groups in total. The van der Waals surface area contributed by atoms with Crippen molar-refractivity contribution in [3.63, 3.8) is 0 Å². The fraction of sp³-hybridized carbons (Fsp3) is 0.304. The number of carbonyl (C=O) groups is 2. The summed E-state index contributed by atoms with van der Waals surface area (Å²) in [6.45, 7) is 2.44. The number of para-hydroxylation sites is 2. The highest BCUT2D eigenvalue weighted by molar-refractivity contribution is 5.96. The monoisotopic (exact) mass is 423 g/mol. The average molecular weight is 423 g/mol. The highest BCUT2D eigenvalue weighted by Crippen LogP contribution is 2.33. The number of aromatic carboxylic acids is 1. The third-order valence-corrected chi connectivity index (χ3v) is 5.90. The van der Waals surface area contributed by atoms with Crippen LogP contribution in [0.3, 0.4) is 0 Å². The Morgan fingerprint density at radius 2 is 1.74 bits per heavy atom. The van der Waals surface area contributed by atoms with Crippen LogP contribution in [0.4, 0.5) is 5.69 Å². The molecule has 8 heteroatoms. The van der Waals surface area contributed by atoms with Crippen molar-refractivity contribution in [2.75, 3.05) is 38.2 Å². The molecule has 0 aliphatic carbocycles. The zero-order chi connectivity index (χ0) is 22.1. The predicted molar refractivity (Wildman–Crippen MR) is 117 cm³/mol. The lowest BCUT2D eigenvalue weighted by Gasteiger charge is -2.39. The SMILES string of the molecule is COc1ccccc1N1CCN([C@@H](C(=O)O)c2cn(C)c3ccc(C(=O)O)cc23)CC1. The van der Waals surface area contributed by atoms with Crippen molar-refractivity contribution in [2.45, 2.75) is 6.04 Å². The molecule has 1 aliphatic heterocycles. The number of nitrogens with zero attached hydrogens (tertiary/aromatic N) is 3. The van der Waals surface area contributed by atoms with Gasteiger partial charge < -0.3 is 24.4 Å². The Labute approximate surface area is 179 Å². The molecular weight excluding hydrogens is 398 g/mol. The largest absolute Gasteiger partial charge is 0.495 e. The number of aromatic nitrogens is 1. The molecule has 1 saturated heterocycles. The van der Waals surface area contributed by atoms with Crippen molar-refractivity contribution in [2.24, 2.45) is 7.05 Å². The minimum atomic E-state index is -1.03. The number of fused-ring (bicyclic) bond motifs is 1. The molecule has 0 amide bonds. The molecule has 1 aliphatic rings. The molecule has 2 heterocycles. The molecule has 2 aromatic carbocycles. The van der Waals surface area contributed by atoms with Crippen LogP contribution in [0.5, 0.6) is 5.75 Å². The summed E-state index contributed by atoms with van der Waals surface area (Å²) in [4.78, 5) is 27.9. The van der Waals surface area contributed by atoms with Crippen LogP contribution in [0.25, 0.3) is 10.9 Å². The van der Waals surface area contributed by atoms with Crippen LogP contribution in [0, 0.1) is 0 Å². The maximum atomic E-state index is 12.3. The Morgan fingerprint density at radius 1 is 1.03 bits per heavy atom. The van der Waals surface area contributed by atoms with Crippen LogP contribution in [-0.2, 0) is 11.8 Å². The number of carboxylic acid groups (broad SMARTS) is 2. The number of aryl methyl sites for hydroxylation is 1. The van der Waals surface area contributed by atoms with E-state index in [1.54, 1.807) is 25.4 Å². The van der Waals surface area contributed by atoms with Gasteiger partial charge in [-0.2, -0.15) is 0 Å². The Balaban J connectivity index is 1.63. The summed E-state index contributed by atoms with van der Waals surface area (Å²) in [6, 6.07) is 11.8. The average Bonchev–Trinajstić information content (AvgIpc) is 3.09. The van der Waals surface area contributed by atoms with E-state index in [1.807, 2.05) is 40.8 Å². The molecule has 31 heavy (non-hydrogen) atoms. The van der Waals surface area contributed by atoms with E-state index in [2.05, 4.69) is 4.90 Å². The fourth-order valence-corrected chi connectivity index (χ4v) is 4.37. The number of hydrogen-bond acceptors (Lipinski definition) is 5. The first-order chi connectivity index (χ1) is 14.9. The van der Waals surface area contributed by atoms with Gasteiger partial charge in [0.05, 0.1) is 18.4 Å². The van der Waals surface area contributed by atoms with Crippen molar-refractivity contribution in [1.82, 2.24) is 9.47 Å². The van der Waals surface area contributed by atoms with E-state index in [-0.39, 0.29) is 5.56 Å². The van der Waals surface area contributed by atoms with Crippen LogP contribution < -0.4 is 9.64 Å². The summed E-state index contributed by atoms with van der Waals surface area (Å²) in [5.41, 5.74) is 2.55. The van der Waals surface area contributed by atoms with E-state index in [0.29, 0.717) is 37.1 Å². The van der Waals surface area contributed by atoms with Crippen molar-refractivity contribution in [3.05, 3.63) is 59.8 Å².